The first kappa shape index (κ1) is 23.0. The number of amides is 1. The Morgan fingerprint density at radius 3 is 2.32 bits per heavy atom. The van der Waals surface area contributed by atoms with Crippen molar-refractivity contribution in [2.75, 3.05) is 7.11 Å². The van der Waals surface area contributed by atoms with Gasteiger partial charge in [-0.15, -0.1) is 0 Å². The second-order valence-electron chi connectivity index (χ2n) is 9.47. The van der Waals surface area contributed by atoms with Crippen LogP contribution in [0.25, 0.3) is 0 Å². The van der Waals surface area contributed by atoms with E-state index < -0.39 is 23.7 Å². The molecule has 1 saturated carbocycles. The van der Waals surface area contributed by atoms with Gasteiger partial charge in [0.05, 0.1) is 6.10 Å². The summed E-state index contributed by atoms with van der Waals surface area (Å²) in [5.74, 6) is 0.781. The van der Waals surface area contributed by atoms with E-state index in [1.165, 1.54) is 25.7 Å². The van der Waals surface area contributed by atoms with Gasteiger partial charge >= 0.3 is 12.1 Å². The summed E-state index contributed by atoms with van der Waals surface area (Å²) < 4.78 is 16.8. The average molecular weight is 398 g/mol. The van der Waals surface area contributed by atoms with E-state index in [2.05, 4.69) is 5.32 Å². The summed E-state index contributed by atoms with van der Waals surface area (Å²) in [6, 6.07) is -0.679. The van der Waals surface area contributed by atoms with Gasteiger partial charge in [0.15, 0.2) is 0 Å². The minimum Gasteiger partial charge on any atom is -0.458 e. The summed E-state index contributed by atoms with van der Waals surface area (Å²) in [6.45, 7) is 7.30. The number of esters is 1. The fourth-order valence-corrected chi connectivity index (χ4v) is 4.64. The molecule has 6 heteroatoms. The van der Waals surface area contributed by atoms with Gasteiger partial charge in [-0.3, -0.25) is 0 Å². The van der Waals surface area contributed by atoms with Gasteiger partial charge in [0.2, 0.25) is 0 Å². The van der Waals surface area contributed by atoms with Crippen molar-refractivity contribution in [3.63, 3.8) is 0 Å². The first-order valence-electron chi connectivity index (χ1n) is 10.9. The predicted octanol–water partition coefficient (Wildman–Crippen LogP) is 4.60. The van der Waals surface area contributed by atoms with Gasteiger partial charge in [-0.05, 0) is 58.8 Å². The first-order chi connectivity index (χ1) is 13.2. The number of nitrogens with one attached hydrogen (secondary N) is 1. The standard InChI is InChI=1S/C22H39NO5/c1-15-19(26-5)17(14-16-10-6-7-11-16)12-8-9-13-18(20(24)27-15)23-21(25)28-22(2,3)4/h15-19H,6-14H2,1-5H3,(H,23,25)/t15-,17+,18-,19-/m0/s1. The monoisotopic (exact) mass is 397 g/mol. The zero-order valence-corrected chi connectivity index (χ0v) is 18.3. The number of methoxy groups -OCH3 is 1. The second kappa shape index (κ2) is 10.5. The summed E-state index contributed by atoms with van der Waals surface area (Å²) in [4.78, 5) is 24.8. The van der Waals surface area contributed by atoms with Crippen LogP contribution in [0.4, 0.5) is 4.79 Å². The van der Waals surface area contributed by atoms with E-state index in [4.69, 9.17) is 14.2 Å². The Balaban J connectivity index is 2.00. The normalized spacial score (nSPS) is 30.5. The number of carbonyl (C=O) groups excluding carboxylic acids is 2. The molecule has 1 heterocycles. The molecule has 1 aliphatic heterocycles. The molecule has 0 aromatic carbocycles. The van der Waals surface area contributed by atoms with Crippen molar-refractivity contribution >= 4 is 12.1 Å². The Kier molecular flexibility index (Phi) is 8.59. The van der Waals surface area contributed by atoms with Crippen LogP contribution in [0.3, 0.4) is 0 Å². The third kappa shape index (κ3) is 7.26. The lowest BCUT2D eigenvalue weighted by Gasteiger charge is -2.34. The fraction of sp³-hybridized carbons (Fsp3) is 0.909. The third-order valence-corrected chi connectivity index (χ3v) is 5.91. The topological polar surface area (TPSA) is 73.9 Å². The van der Waals surface area contributed by atoms with Gasteiger partial charge in [0.1, 0.15) is 17.7 Å². The lowest BCUT2D eigenvalue weighted by molar-refractivity contribution is -0.161. The molecule has 2 aliphatic rings. The Morgan fingerprint density at radius 2 is 1.71 bits per heavy atom. The van der Waals surface area contributed by atoms with Gasteiger partial charge in [0.25, 0.3) is 0 Å². The number of rotatable bonds is 4. The van der Waals surface area contributed by atoms with E-state index in [0.717, 1.165) is 31.6 Å². The summed E-state index contributed by atoms with van der Waals surface area (Å²) >= 11 is 0. The largest absolute Gasteiger partial charge is 0.458 e. The highest BCUT2D eigenvalue weighted by atomic mass is 16.6. The highest BCUT2D eigenvalue weighted by Gasteiger charge is 2.35. The van der Waals surface area contributed by atoms with Gasteiger partial charge in [0, 0.05) is 7.11 Å². The van der Waals surface area contributed by atoms with Crippen molar-refractivity contribution in [1.82, 2.24) is 5.32 Å². The van der Waals surface area contributed by atoms with Gasteiger partial charge in [-0.1, -0.05) is 38.5 Å². The van der Waals surface area contributed by atoms with Crippen LogP contribution in [-0.4, -0.2) is 43.0 Å². The molecule has 1 saturated heterocycles. The quantitative estimate of drug-likeness (QED) is 0.702. The molecule has 0 spiro atoms. The smallest absolute Gasteiger partial charge is 0.408 e. The third-order valence-electron chi connectivity index (χ3n) is 5.91. The van der Waals surface area contributed by atoms with Crippen LogP contribution in [0.1, 0.15) is 85.5 Å². The van der Waals surface area contributed by atoms with Crippen molar-refractivity contribution in [3.8, 4) is 0 Å². The van der Waals surface area contributed by atoms with Crippen molar-refractivity contribution in [3.05, 3.63) is 0 Å². The highest BCUT2D eigenvalue weighted by molar-refractivity contribution is 5.81. The van der Waals surface area contributed by atoms with Crippen LogP contribution < -0.4 is 5.32 Å². The number of ether oxygens (including phenoxy) is 3. The SMILES string of the molecule is CO[C@@H]1[C@@H](CC2CCCC2)CCCC[C@H](NC(=O)OC(C)(C)C)C(=O)O[C@H]1C. The van der Waals surface area contributed by atoms with Gasteiger partial charge in [-0.25, -0.2) is 9.59 Å². The Labute approximate surface area is 170 Å². The Morgan fingerprint density at radius 1 is 1.11 bits per heavy atom. The number of hydrogen-bond donors (Lipinski definition) is 1. The molecule has 0 unspecified atom stereocenters. The second-order valence-corrected chi connectivity index (χ2v) is 9.47. The van der Waals surface area contributed by atoms with E-state index in [0.29, 0.717) is 12.3 Å². The predicted molar refractivity (Wildman–Crippen MR) is 108 cm³/mol. The van der Waals surface area contributed by atoms with Crippen LogP contribution in [0, 0.1) is 11.8 Å². The molecular formula is C22H39NO5. The van der Waals surface area contributed by atoms with E-state index in [9.17, 15) is 9.59 Å². The van der Waals surface area contributed by atoms with Crippen LogP contribution in [0.15, 0.2) is 0 Å². The number of carbonyl (C=O) groups is 2. The molecular weight excluding hydrogens is 358 g/mol. The summed E-state index contributed by atoms with van der Waals surface area (Å²) in [5.41, 5.74) is -0.605. The van der Waals surface area contributed by atoms with Gasteiger partial charge in [-0.2, -0.15) is 0 Å². The molecule has 0 aromatic rings. The van der Waals surface area contributed by atoms with E-state index >= 15 is 0 Å². The van der Waals surface area contributed by atoms with Crippen LogP contribution in [0.2, 0.25) is 0 Å². The van der Waals surface area contributed by atoms with Crippen LogP contribution in [-0.2, 0) is 19.0 Å². The molecule has 6 nitrogen and oxygen atoms in total. The van der Waals surface area contributed by atoms with Crippen molar-refractivity contribution in [2.24, 2.45) is 11.8 Å². The molecule has 0 aromatic heterocycles. The minimum absolute atomic E-state index is 0.107. The molecule has 2 rings (SSSR count). The molecule has 28 heavy (non-hydrogen) atoms. The van der Waals surface area contributed by atoms with Crippen LogP contribution >= 0.6 is 0 Å². The minimum atomic E-state index is -0.679. The Bertz CT molecular complexity index is 510. The summed E-state index contributed by atoms with van der Waals surface area (Å²) in [6.07, 6.45) is 8.91. The molecule has 1 aliphatic carbocycles. The van der Waals surface area contributed by atoms with Crippen LogP contribution in [0.5, 0.6) is 0 Å². The lowest BCUT2D eigenvalue weighted by atomic mass is 9.83. The highest BCUT2D eigenvalue weighted by Crippen LogP contribution is 2.35. The zero-order valence-electron chi connectivity index (χ0n) is 18.3. The fourth-order valence-electron chi connectivity index (χ4n) is 4.64. The summed E-state index contributed by atoms with van der Waals surface area (Å²) in [5, 5.41) is 2.69. The maximum atomic E-state index is 12.7. The molecule has 162 valence electrons. The number of cyclic esters (lactones) is 1. The molecule has 1 amide bonds. The average Bonchev–Trinajstić information content (AvgIpc) is 3.08. The Hall–Kier alpha value is -1.30. The molecule has 1 N–H and O–H groups in total. The molecule has 0 bridgehead atoms. The maximum Gasteiger partial charge on any atom is 0.408 e. The number of hydrogen-bond acceptors (Lipinski definition) is 5. The molecule has 0 radical (unpaired) electrons. The van der Waals surface area contributed by atoms with E-state index in [-0.39, 0.29) is 12.2 Å². The zero-order chi connectivity index (χ0) is 20.7. The van der Waals surface area contributed by atoms with E-state index in [1.54, 1.807) is 27.9 Å². The van der Waals surface area contributed by atoms with Crippen molar-refractivity contribution in [1.29, 1.82) is 0 Å². The molecule has 4 atom stereocenters. The maximum absolute atomic E-state index is 12.7. The van der Waals surface area contributed by atoms with Crippen molar-refractivity contribution in [2.45, 2.75) is 109 Å². The van der Waals surface area contributed by atoms with E-state index in [1.807, 2.05) is 6.92 Å². The lowest BCUT2D eigenvalue weighted by Crippen LogP contribution is -2.47. The number of alkyl carbamates (subject to hydrolysis) is 1. The first-order valence-corrected chi connectivity index (χ1v) is 10.9. The van der Waals surface area contributed by atoms with Crippen molar-refractivity contribution < 1.29 is 23.8 Å². The summed E-state index contributed by atoms with van der Waals surface area (Å²) in [7, 11) is 1.71. The van der Waals surface area contributed by atoms with Gasteiger partial charge < -0.3 is 19.5 Å². The molecule has 2 fully saturated rings.